The van der Waals surface area contributed by atoms with Gasteiger partial charge in [-0.05, 0) is 68.7 Å². The normalized spacial score (nSPS) is 28.3. The Morgan fingerprint density at radius 2 is 1.74 bits per heavy atom. The van der Waals surface area contributed by atoms with Gasteiger partial charge in [-0.25, -0.2) is 21.6 Å². The lowest BCUT2D eigenvalue weighted by atomic mass is 9.62. The number of rotatable bonds is 7. The summed E-state index contributed by atoms with van der Waals surface area (Å²) in [5.74, 6) is -6.34. The zero-order chi connectivity index (χ0) is 28.1. The standard InChI is InChI=1S/C25H26ClF3N3O5PS/c26-17-4-3-12(23(33)31-15-10-18(27)22(29)19(28)11-15)6-21(17)39(36,37)16-8-13-7-14(9-16)25(13,35)38-32-24(34)20-2-1-5-30-20/h3-4,6,10-11,13-14,16,20,30,35,38H,1-2,5,7-9H2,(H,31,33)(H,32,34)/t13?,14?,16?,20-,25?/m0/s1. The molecule has 0 radical (unpaired) electrons. The van der Waals surface area contributed by atoms with E-state index in [1.54, 1.807) is 0 Å². The fourth-order valence-electron chi connectivity index (χ4n) is 5.65. The lowest BCUT2D eigenvalue weighted by Crippen LogP contribution is -2.60. The molecule has 210 valence electrons. The quantitative estimate of drug-likeness (QED) is 0.282. The maximum atomic E-state index is 13.6. The highest BCUT2D eigenvalue weighted by Gasteiger charge is 2.60. The van der Waals surface area contributed by atoms with Crippen LogP contribution in [0.5, 0.6) is 0 Å². The average molecular weight is 604 g/mol. The second-order valence-electron chi connectivity index (χ2n) is 10.2. The second kappa shape index (κ2) is 10.6. The number of amides is 2. The third-order valence-electron chi connectivity index (χ3n) is 7.85. The van der Waals surface area contributed by atoms with Crippen LogP contribution >= 0.6 is 20.3 Å². The fraction of sp³-hybridized carbons (Fsp3) is 0.440. The van der Waals surface area contributed by atoms with E-state index >= 15 is 0 Å². The molecule has 2 amide bonds. The summed E-state index contributed by atoms with van der Waals surface area (Å²) in [6.45, 7) is 0.769. The largest absolute Gasteiger partial charge is 0.383 e. The molecule has 1 saturated heterocycles. The zero-order valence-electron chi connectivity index (χ0n) is 20.4. The summed E-state index contributed by atoms with van der Waals surface area (Å²) in [6, 6.07) is 4.52. The lowest BCUT2D eigenvalue weighted by molar-refractivity contribution is -0.122. The molecule has 0 spiro atoms. The van der Waals surface area contributed by atoms with Crippen molar-refractivity contribution in [2.75, 3.05) is 11.9 Å². The fourth-order valence-corrected chi connectivity index (χ4v) is 9.43. The van der Waals surface area contributed by atoms with E-state index in [0.717, 1.165) is 25.5 Å². The summed E-state index contributed by atoms with van der Waals surface area (Å²) < 4.78 is 67.4. The Morgan fingerprint density at radius 1 is 1.08 bits per heavy atom. The molecule has 6 rings (SSSR count). The summed E-state index contributed by atoms with van der Waals surface area (Å²) in [5, 5.41) is 17.3. The molecular formula is C25H26ClF3N3O5PS. The van der Waals surface area contributed by atoms with E-state index in [-0.39, 0.29) is 66.5 Å². The number of anilines is 1. The van der Waals surface area contributed by atoms with Gasteiger partial charge in [-0.3, -0.25) is 9.59 Å². The number of carbonyl (C=O) groups excluding carboxylic acids is 2. The molecule has 8 nitrogen and oxygen atoms in total. The van der Waals surface area contributed by atoms with Gasteiger partial charge in [-0.2, -0.15) is 0 Å². The van der Waals surface area contributed by atoms with Crippen molar-refractivity contribution in [2.45, 2.75) is 53.6 Å². The van der Waals surface area contributed by atoms with Crippen LogP contribution in [0.4, 0.5) is 18.9 Å². The maximum absolute atomic E-state index is 13.6. The van der Waals surface area contributed by atoms with E-state index in [9.17, 15) is 36.3 Å². The number of hydrogen-bond donors (Lipinski definition) is 4. The monoisotopic (exact) mass is 603 g/mol. The Kier molecular flexibility index (Phi) is 7.71. The molecule has 4 atom stereocenters. The minimum Gasteiger partial charge on any atom is -0.383 e. The summed E-state index contributed by atoms with van der Waals surface area (Å²) in [6.07, 6.45) is 2.62. The van der Waals surface area contributed by atoms with Crippen molar-refractivity contribution < 1.29 is 36.3 Å². The van der Waals surface area contributed by atoms with Crippen molar-refractivity contribution in [3.05, 3.63) is 58.4 Å². The average Bonchev–Trinajstić information content (AvgIpc) is 3.45. The third-order valence-corrected chi connectivity index (χ3v) is 12.1. The van der Waals surface area contributed by atoms with E-state index < -0.39 is 43.8 Å². The molecule has 3 aliphatic carbocycles. The van der Waals surface area contributed by atoms with Gasteiger partial charge in [0.25, 0.3) is 5.91 Å². The molecule has 3 unspecified atom stereocenters. The van der Waals surface area contributed by atoms with Crippen LogP contribution in [0.3, 0.4) is 0 Å². The first-order valence-corrected chi connectivity index (χ1v) is 15.3. The maximum Gasteiger partial charge on any atom is 0.255 e. The molecule has 39 heavy (non-hydrogen) atoms. The van der Waals surface area contributed by atoms with Gasteiger partial charge in [0.05, 0.1) is 21.2 Å². The first-order chi connectivity index (χ1) is 18.4. The van der Waals surface area contributed by atoms with Crippen LogP contribution in [0.25, 0.3) is 0 Å². The van der Waals surface area contributed by atoms with Gasteiger partial charge >= 0.3 is 0 Å². The van der Waals surface area contributed by atoms with Crippen molar-refractivity contribution in [2.24, 2.45) is 11.8 Å². The molecule has 14 heteroatoms. The Hall–Kier alpha value is -2.24. The number of benzene rings is 2. The van der Waals surface area contributed by atoms with Crippen LogP contribution in [-0.4, -0.2) is 48.5 Å². The van der Waals surface area contributed by atoms with Gasteiger partial charge in [-0.15, -0.1) is 0 Å². The molecule has 4 fully saturated rings. The predicted molar refractivity (Wildman–Crippen MR) is 140 cm³/mol. The number of sulfone groups is 1. The summed E-state index contributed by atoms with van der Waals surface area (Å²) in [5.41, 5.74) is -0.482. The van der Waals surface area contributed by atoms with Crippen LogP contribution in [0, 0.1) is 29.3 Å². The van der Waals surface area contributed by atoms with E-state index in [0.29, 0.717) is 18.6 Å². The highest BCUT2D eigenvalue weighted by molar-refractivity contribution is 7.92. The molecular weight excluding hydrogens is 578 g/mol. The van der Waals surface area contributed by atoms with Crippen LogP contribution in [0.15, 0.2) is 35.2 Å². The van der Waals surface area contributed by atoms with Crippen molar-refractivity contribution in [3.8, 4) is 0 Å². The van der Waals surface area contributed by atoms with Gasteiger partial charge < -0.3 is 20.8 Å². The summed E-state index contributed by atoms with van der Waals surface area (Å²) >= 11 is 6.22. The number of carbonyl (C=O) groups is 2. The Morgan fingerprint density at radius 3 is 2.36 bits per heavy atom. The molecule has 4 aliphatic rings. The van der Waals surface area contributed by atoms with Gasteiger partial charge in [0.15, 0.2) is 27.3 Å². The molecule has 1 aliphatic heterocycles. The van der Waals surface area contributed by atoms with E-state index in [2.05, 4.69) is 15.7 Å². The Labute approximate surface area is 229 Å². The van der Waals surface area contributed by atoms with Crippen LogP contribution in [0.2, 0.25) is 5.02 Å². The van der Waals surface area contributed by atoms with E-state index in [4.69, 9.17) is 11.6 Å². The molecule has 3 saturated carbocycles. The topological polar surface area (TPSA) is 125 Å². The Balaban J connectivity index is 1.28. The predicted octanol–water partition coefficient (Wildman–Crippen LogP) is 3.73. The molecule has 2 aromatic rings. The Bertz CT molecular complexity index is 1410. The zero-order valence-corrected chi connectivity index (χ0v) is 23.0. The highest BCUT2D eigenvalue weighted by Crippen LogP contribution is 2.61. The van der Waals surface area contributed by atoms with Gasteiger partial charge in [0.1, 0.15) is 5.34 Å². The number of nitrogens with one attached hydrogen (secondary N) is 3. The highest BCUT2D eigenvalue weighted by atomic mass is 35.5. The molecule has 2 aromatic carbocycles. The van der Waals surface area contributed by atoms with Crippen LogP contribution in [-0.2, 0) is 14.6 Å². The number of hydrogen-bond acceptors (Lipinski definition) is 6. The first-order valence-electron chi connectivity index (χ1n) is 12.4. The van der Waals surface area contributed by atoms with Crippen LogP contribution < -0.4 is 15.7 Å². The number of aliphatic hydroxyl groups is 1. The minimum absolute atomic E-state index is 0.0990. The lowest BCUT2D eigenvalue weighted by Gasteiger charge is -2.58. The second-order valence-corrected chi connectivity index (χ2v) is 14.1. The van der Waals surface area contributed by atoms with Gasteiger partial charge in [0.2, 0.25) is 5.91 Å². The molecule has 4 N–H and O–H groups in total. The SMILES string of the molecule is O=C(Nc1cc(F)c(F)c(F)c1)c1ccc(Cl)c(S(=O)(=O)C2CC3CC(C2)C3(O)PNC(=O)[C@@H]2CCCN2)c1. The summed E-state index contributed by atoms with van der Waals surface area (Å²) in [4.78, 5) is 24.8. The first kappa shape index (κ1) is 28.3. The van der Waals surface area contributed by atoms with Gasteiger partial charge in [0, 0.05) is 32.1 Å². The number of halogens is 4. The molecule has 2 bridgehead atoms. The molecule has 1 heterocycles. The summed E-state index contributed by atoms with van der Waals surface area (Å²) in [7, 11) is -4.27. The van der Waals surface area contributed by atoms with Crippen LogP contribution in [0.1, 0.15) is 42.5 Å². The number of fused-ring (bicyclic) bond motifs is 2. The molecule has 0 aromatic heterocycles. The van der Waals surface area contributed by atoms with E-state index in [1.807, 2.05) is 0 Å². The van der Waals surface area contributed by atoms with Crippen molar-refractivity contribution in [1.29, 1.82) is 0 Å². The van der Waals surface area contributed by atoms with E-state index in [1.165, 1.54) is 12.1 Å². The van der Waals surface area contributed by atoms with Crippen molar-refractivity contribution in [1.82, 2.24) is 10.4 Å². The third kappa shape index (κ3) is 5.29. The minimum atomic E-state index is -4.02. The smallest absolute Gasteiger partial charge is 0.255 e. The van der Waals surface area contributed by atoms with Crippen molar-refractivity contribution >= 4 is 47.7 Å². The van der Waals surface area contributed by atoms with Crippen molar-refractivity contribution in [3.63, 3.8) is 0 Å². The van der Waals surface area contributed by atoms with Gasteiger partial charge in [-0.1, -0.05) is 11.6 Å².